The first-order valence-corrected chi connectivity index (χ1v) is 7.94. The summed E-state index contributed by atoms with van der Waals surface area (Å²) in [7, 11) is -3.73. The number of hydrogen-bond donors (Lipinski definition) is 2. The highest BCUT2D eigenvalue weighted by molar-refractivity contribution is 7.92. The zero-order valence-corrected chi connectivity index (χ0v) is 12.6. The Hall–Kier alpha value is -1.27. The molecule has 0 saturated heterocycles. The first-order valence-electron chi connectivity index (χ1n) is 5.70. The molecule has 20 heavy (non-hydrogen) atoms. The van der Waals surface area contributed by atoms with Crippen LogP contribution in [0, 0.1) is 0 Å². The topological polar surface area (TPSA) is 72.2 Å². The third-order valence-corrected chi connectivity index (χ3v) is 4.82. The van der Waals surface area contributed by atoms with E-state index in [2.05, 4.69) is 4.72 Å². The van der Waals surface area contributed by atoms with Crippen molar-refractivity contribution in [1.29, 1.82) is 0 Å². The maximum atomic E-state index is 12.3. The van der Waals surface area contributed by atoms with E-state index in [1.165, 1.54) is 12.1 Å². The summed E-state index contributed by atoms with van der Waals surface area (Å²) in [5.74, 6) is 0. The van der Waals surface area contributed by atoms with Gasteiger partial charge in [-0.25, -0.2) is 8.42 Å². The van der Waals surface area contributed by atoms with Gasteiger partial charge in [-0.15, -0.1) is 0 Å². The lowest BCUT2D eigenvalue weighted by Gasteiger charge is -2.11. The molecule has 0 bridgehead atoms. The van der Waals surface area contributed by atoms with E-state index in [4.69, 9.17) is 28.9 Å². The molecule has 106 valence electrons. The number of anilines is 1. The van der Waals surface area contributed by atoms with Crippen molar-refractivity contribution in [2.75, 3.05) is 4.72 Å². The molecule has 2 rings (SSSR count). The van der Waals surface area contributed by atoms with E-state index in [0.29, 0.717) is 0 Å². The number of rotatable bonds is 4. The molecule has 7 heteroatoms. The third kappa shape index (κ3) is 3.24. The van der Waals surface area contributed by atoms with Crippen LogP contribution in [-0.4, -0.2) is 8.42 Å². The number of benzene rings is 2. The zero-order chi connectivity index (χ0) is 14.8. The molecule has 0 atom stereocenters. The highest BCUT2D eigenvalue weighted by Crippen LogP contribution is 2.31. The van der Waals surface area contributed by atoms with Crippen LogP contribution in [0.3, 0.4) is 0 Å². The van der Waals surface area contributed by atoms with Crippen LogP contribution >= 0.6 is 23.2 Å². The molecule has 2 aromatic rings. The second-order valence-electron chi connectivity index (χ2n) is 4.06. The second-order valence-corrected chi connectivity index (χ2v) is 6.53. The van der Waals surface area contributed by atoms with Crippen molar-refractivity contribution < 1.29 is 8.42 Å². The first kappa shape index (κ1) is 15.1. The standard InChI is InChI=1S/C13H12Cl2N2O2S/c14-11-5-2-6-12(13(11)15)17-20(18,19)10-4-1-3-9(7-10)8-16/h1-7,17H,8,16H2. The van der Waals surface area contributed by atoms with Gasteiger partial charge in [-0.1, -0.05) is 41.4 Å². The van der Waals surface area contributed by atoms with Crippen molar-refractivity contribution in [1.82, 2.24) is 0 Å². The summed E-state index contributed by atoms with van der Waals surface area (Å²) in [6.07, 6.45) is 0. The molecule has 0 amide bonds. The van der Waals surface area contributed by atoms with Gasteiger partial charge in [0, 0.05) is 6.54 Å². The van der Waals surface area contributed by atoms with Crippen LogP contribution in [0.4, 0.5) is 5.69 Å². The lowest BCUT2D eigenvalue weighted by Crippen LogP contribution is -2.14. The van der Waals surface area contributed by atoms with Gasteiger partial charge in [-0.3, -0.25) is 4.72 Å². The fourth-order valence-electron chi connectivity index (χ4n) is 1.63. The van der Waals surface area contributed by atoms with Crippen LogP contribution in [0.1, 0.15) is 5.56 Å². The van der Waals surface area contributed by atoms with Crippen molar-refractivity contribution in [2.45, 2.75) is 11.4 Å². The summed E-state index contributed by atoms with van der Waals surface area (Å²) in [4.78, 5) is 0.122. The van der Waals surface area contributed by atoms with Crippen LogP contribution in [0.25, 0.3) is 0 Å². The molecule has 0 radical (unpaired) electrons. The Balaban J connectivity index is 2.38. The number of sulfonamides is 1. The molecular formula is C13H12Cl2N2O2S. The Labute approximate surface area is 127 Å². The molecule has 4 nitrogen and oxygen atoms in total. The quantitative estimate of drug-likeness (QED) is 0.903. The second kappa shape index (κ2) is 6.01. The van der Waals surface area contributed by atoms with Crippen LogP contribution in [-0.2, 0) is 16.6 Å². The molecule has 0 aromatic heterocycles. The molecule has 0 fully saturated rings. The van der Waals surface area contributed by atoms with E-state index in [-0.39, 0.29) is 27.2 Å². The van der Waals surface area contributed by atoms with Crippen molar-refractivity contribution in [3.8, 4) is 0 Å². The summed E-state index contributed by atoms with van der Waals surface area (Å²) >= 11 is 11.8. The van der Waals surface area contributed by atoms with E-state index >= 15 is 0 Å². The van der Waals surface area contributed by atoms with Crippen molar-refractivity contribution >= 4 is 38.9 Å². The van der Waals surface area contributed by atoms with Crippen molar-refractivity contribution in [2.24, 2.45) is 5.73 Å². The zero-order valence-electron chi connectivity index (χ0n) is 10.3. The number of halogens is 2. The predicted octanol–water partition coefficient (Wildman–Crippen LogP) is 3.25. The number of hydrogen-bond acceptors (Lipinski definition) is 3. The molecule has 0 heterocycles. The van der Waals surface area contributed by atoms with Gasteiger partial charge in [0.1, 0.15) is 0 Å². The van der Waals surface area contributed by atoms with Gasteiger partial charge in [-0.2, -0.15) is 0 Å². The van der Waals surface area contributed by atoms with E-state index in [1.54, 1.807) is 30.3 Å². The molecule has 0 saturated carbocycles. The highest BCUT2D eigenvalue weighted by atomic mass is 35.5. The third-order valence-electron chi connectivity index (χ3n) is 2.64. The van der Waals surface area contributed by atoms with E-state index in [9.17, 15) is 8.42 Å². The molecule has 0 aliphatic carbocycles. The minimum atomic E-state index is -3.73. The summed E-state index contributed by atoms with van der Waals surface area (Å²) in [5, 5.41) is 0.440. The molecule has 3 N–H and O–H groups in total. The first-order chi connectivity index (χ1) is 9.44. The molecule has 0 aliphatic heterocycles. The number of nitrogens with one attached hydrogen (secondary N) is 1. The minimum absolute atomic E-state index is 0.122. The average Bonchev–Trinajstić information content (AvgIpc) is 2.44. The van der Waals surface area contributed by atoms with Gasteiger partial charge < -0.3 is 5.73 Å². The van der Waals surface area contributed by atoms with E-state index in [0.717, 1.165) is 5.56 Å². The van der Waals surface area contributed by atoms with Gasteiger partial charge in [0.05, 0.1) is 20.6 Å². The lowest BCUT2D eigenvalue weighted by atomic mass is 10.2. The lowest BCUT2D eigenvalue weighted by molar-refractivity contribution is 0.601. The molecule has 0 aliphatic rings. The molecule has 0 spiro atoms. The van der Waals surface area contributed by atoms with Crippen molar-refractivity contribution in [3.05, 3.63) is 58.1 Å². The Bertz CT molecular complexity index is 733. The Morgan fingerprint density at radius 2 is 1.80 bits per heavy atom. The van der Waals surface area contributed by atoms with E-state index in [1.807, 2.05) is 0 Å². The monoisotopic (exact) mass is 330 g/mol. The Kier molecular flexibility index (Phi) is 4.55. The maximum absolute atomic E-state index is 12.3. The highest BCUT2D eigenvalue weighted by Gasteiger charge is 2.16. The molecule has 2 aromatic carbocycles. The summed E-state index contributed by atoms with van der Waals surface area (Å²) in [5.41, 5.74) is 6.47. The van der Waals surface area contributed by atoms with Gasteiger partial charge in [0.25, 0.3) is 10.0 Å². The summed E-state index contributed by atoms with van der Waals surface area (Å²) in [6, 6.07) is 11.1. The smallest absolute Gasteiger partial charge is 0.261 e. The molecule has 0 unspecified atom stereocenters. The predicted molar refractivity (Wildman–Crippen MR) is 81.6 cm³/mol. The van der Waals surface area contributed by atoms with Crippen molar-refractivity contribution in [3.63, 3.8) is 0 Å². The minimum Gasteiger partial charge on any atom is -0.326 e. The van der Waals surface area contributed by atoms with Gasteiger partial charge in [-0.05, 0) is 29.8 Å². The average molecular weight is 331 g/mol. The van der Waals surface area contributed by atoms with Gasteiger partial charge >= 0.3 is 0 Å². The van der Waals surface area contributed by atoms with Gasteiger partial charge in [0.2, 0.25) is 0 Å². The largest absolute Gasteiger partial charge is 0.326 e. The summed E-state index contributed by atoms with van der Waals surface area (Å²) in [6.45, 7) is 0.265. The van der Waals surface area contributed by atoms with E-state index < -0.39 is 10.0 Å². The fraction of sp³-hybridized carbons (Fsp3) is 0.0769. The maximum Gasteiger partial charge on any atom is 0.261 e. The normalized spacial score (nSPS) is 11.3. The van der Waals surface area contributed by atoms with Crippen LogP contribution < -0.4 is 10.5 Å². The SMILES string of the molecule is NCc1cccc(S(=O)(=O)Nc2cccc(Cl)c2Cl)c1. The fourth-order valence-corrected chi connectivity index (χ4v) is 3.17. The van der Waals surface area contributed by atoms with Crippen LogP contribution in [0.15, 0.2) is 47.4 Å². The Morgan fingerprint density at radius 3 is 2.50 bits per heavy atom. The van der Waals surface area contributed by atoms with Crippen LogP contribution in [0.5, 0.6) is 0 Å². The van der Waals surface area contributed by atoms with Crippen LogP contribution in [0.2, 0.25) is 10.0 Å². The Morgan fingerprint density at radius 1 is 1.10 bits per heavy atom. The molecular weight excluding hydrogens is 319 g/mol. The number of nitrogens with two attached hydrogens (primary N) is 1. The van der Waals surface area contributed by atoms with Gasteiger partial charge in [0.15, 0.2) is 0 Å². The summed E-state index contributed by atoms with van der Waals surface area (Å²) < 4.78 is 27.0.